The molecule has 1 aromatic carbocycles. The van der Waals surface area contributed by atoms with Gasteiger partial charge in [0, 0.05) is 12.5 Å². The predicted octanol–water partition coefficient (Wildman–Crippen LogP) is 1.25. The van der Waals surface area contributed by atoms with Crippen LogP contribution in [0.5, 0.6) is 0 Å². The first-order chi connectivity index (χ1) is 11.3. The molecule has 2 amide bonds. The maximum Gasteiger partial charge on any atom is 0.325 e. The maximum absolute atomic E-state index is 12.3. The molecular weight excluding hydrogens is 308 g/mol. The molecule has 0 aromatic heterocycles. The molecule has 0 unspecified atom stereocenters. The fourth-order valence-corrected chi connectivity index (χ4v) is 2.79. The molecule has 0 bridgehead atoms. The average molecular weight is 332 g/mol. The second-order valence-corrected chi connectivity index (χ2v) is 7.06. The Balaban J connectivity index is 1.83. The Kier molecular flexibility index (Phi) is 5.59. The van der Waals surface area contributed by atoms with Gasteiger partial charge in [0.2, 0.25) is 11.8 Å². The van der Waals surface area contributed by atoms with Gasteiger partial charge in [0.15, 0.2) is 0 Å². The van der Waals surface area contributed by atoms with E-state index in [1.165, 1.54) is 0 Å². The first-order valence-electron chi connectivity index (χ1n) is 8.04. The summed E-state index contributed by atoms with van der Waals surface area (Å²) >= 11 is 0. The highest BCUT2D eigenvalue weighted by Crippen LogP contribution is 2.35. The quantitative estimate of drug-likeness (QED) is 0.628. The van der Waals surface area contributed by atoms with E-state index in [1.54, 1.807) is 0 Å². The Morgan fingerprint density at radius 1 is 1.25 bits per heavy atom. The molecule has 1 saturated heterocycles. The van der Waals surface area contributed by atoms with Crippen molar-refractivity contribution in [1.29, 1.82) is 0 Å². The number of nitrogens with one attached hydrogen (secondary N) is 2. The highest BCUT2D eigenvalue weighted by atomic mass is 16.5. The minimum Gasteiger partial charge on any atom is -0.460 e. The van der Waals surface area contributed by atoms with Crippen LogP contribution in [0.4, 0.5) is 0 Å². The zero-order chi connectivity index (χ0) is 17.7. The molecule has 6 nitrogen and oxygen atoms in total. The second kappa shape index (κ2) is 7.47. The van der Waals surface area contributed by atoms with E-state index in [1.807, 2.05) is 51.1 Å². The van der Waals surface area contributed by atoms with Crippen molar-refractivity contribution in [3.8, 4) is 0 Å². The molecule has 1 fully saturated rings. The molecule has 1 aromatic rings. The minimum absolute atomic E-state index is 0.106. The summed E-state index contributed by atoms with van der Waals surface area (Å²) in [5, 5.41) is 5.24. The van der Waals surface area contributed by atoms with Crippen LogP contribution in [0.2, 0.25) is 0 Å². The van der Waals surface area contributed by atoms with Crippen LogP contribution in [0.1, 0.15) is 26.3 Å². The van der Waals surface area contributed by atoms with Gasteiger partial charge in [-0.25, -0.2) is 0 Å². The maximum atomic E-state index is 12.3. The smallest absolute Gasteiger partial charge is 0.325 e. The summed E-state index contributed by atoms with van der Waals surface area (Å²) in [4.78, 5) is 36.0. The number of ether oxygens (including phenoxy) is 1. The minimum atomic E-state index is -0.771. The molecule has 6 heteroatoms. The van der Waals surface area contributed by atoms with Gasteiger partial charge in [0.25, 0.3) is 0 Å². The first-order valence-corrected chi connectivity index (χ1v) is 8.04. The predicted molar refractivity (Wildman–Crippen MR) is 88.7 cm³/mol. The number of esters is 1. The van der Waals surface area contributed by atoms with Crippen LogP contribution in [-0.4, -0.2) is 30.9 Å². The number of amides is 2. The summed E-state index contributed by atoms with van der Waals surface area (Å²) in [6, 6.07) is 9.29. The molecule has 1 aliphatic heterocycles. The zero-order valence-corrected chi connectivity index (χ0v) is 14.3. The normalized spacial score (nSPS) is 20.4. The lowest BCUT2D eigenvalue weighted by Gasteiger charge is -2.29. The van der Waals surface area contributed by atoms with Gasteiger partial charge in [-0.3, -0.25) is 14.4 Å². The Morgan fingerprint density at radius 2 is 1.92 bits per heavy atom. The van der Waals surface area contributed by atoms with Gasteiger partial charge in [-0.1, -0.05) is 51.1 Å². The van der Waals surface area contributed by atoms with Gasteiger partial charge in [0.1, 0.15) is 19.1 Å². The number of hydrogen-bond acceptors (Lipinski definition) is 4. The Hall–Kier alpha value is -2.37. The molecule has 0 saturated carbocycles. The molecule has 1 aliphatic rings. The molecule has 130 valence electrons. The molecule has 0 spiro atoms. The third-order valence-corrected chi connectivity index (χ3v) is 4.23. The molecule has 0 aliphatic carbocycles. The fraction of sp³-hybridized carbons (Fsp3) is 0.500. The second-order valence-electron chi connectivity index (χ2n) is 7.06. The van der Waals surface area contributed by atoms with Gasteiger partial charge in [-0.15, -0.1) is 0 Å². The molecule has 24 heavy (non-hydrogen) atoms. The molecule has 2 N–H and O–H groups in total. The van der Waals surface area contributed by atoms with Crippen molar-refractivity contribution in [1.82, 2.24) is 10.6 Å². The van der Waals surface area contributed by atoms with Gasteiger partial charge >= 0.3 is 5.97 Å². The van der Waals surface area contributed by atoms with Crippen molar-refractivity contribution < 1.29 is 19.1 Å². The van der Waals surface area contributed by atoms with E-state index in [4.69, 9.17) is 4.74 Å². The van der Waals surface area contributed by atoms with Crippen molar-refractivity contribution >= 4 is 17.8 Å². The van der Waals surface area contributed by atoms with Crippen LogP contribution >= 0.6 is 0 Å². The monoisotopic (exact) mass is 332 g/mol. The lowest BCUT2D eigenvalue weighted by Crippen LogP contribution is -2.42. The summed E-state index contributed by atoms with van der Waals surface area (Å²) < 4.78 is 5.11. The van der Waals surface area contributed by atoms with Crippen LogP contribution in [-0.2, 0) is 25.7 Å². The van der Waals surface area contributed by atoms with Gasteiger partial charge in [-0.05, 0) is 11.0 Å². The Labute approximate surface area is 142 Å². The van der Waals surface area contributed by atoms with Gasteiger partial charge in [-0.2, -0.15) is 0 Å². The highest BCUT2D eigenvalue weighted by Gasteiger charge is 2.45. The van der Waals surface area contributed by atoms with E-state index < -0.39 is 17.8 Å². The number of hydrogen-bond donors (Lipinski definition) is 2. The van der Waals surface area contributed by atoms with E-state index in [2.05, 4.69) is 10.6 Å². The van der Waals surface area contributed by atoms with E-state index in [0.717, 1.165) is 5.56 Å². The van der Waals surface area contributed by atoms with Crippen molar-refractivity contribution in [2.75, 3.05) is 13.1 Å². The van der Waals surface area contributed by atoms with Crippen LogP contribution < -0.4 is 10.6 Å². The number of benzene rings is 1. The SMILES string of the molecule is CC(C)(C)[C@H]1CNC(=O)[C@H]1C(=O)NCC(=O)OCc1ccccc1. The van der Waals surface area contributed by atoms with E-state index >= 15 is 0 Å². The van der Waals surface area contributed by atoms with Gasteiger partial charge < -0.3 is 15.4 Å². The van der Waals surface area contributed by atoms with E-state index in [-0.39, 0.29) is 30.4 Å². The summed E-state index contributed by atoms with van der Waals surface area (Å²) in [6.07, 6.45) is 0. The molecule has 0 radical (unpaired) electrons. The van der Waals surface area contributed by atoms with E-state index in [0.29, 0.717) is 6.54 Å². The van der Waals surface area contributed by atoms with Crippen LogP contribution in [0.3, 0.4) is 0 Å². The molecule has 2 atom stereocenters. The third kappa shape index (κ3) is 4.57. The molecular formula is C18H24N2O4. The lowest BCUT2D eigenvalue weighted by atomic mass is 9.74. The third-order valence-electron chi connectivity index (χ3n) is 4.23. The first kappa shape index (κ1) is 18.0. The largest absolute Gasteiger partial charge is 0.460 e. The summed E-state index contributed by atoms with van der Waals surface area (Å²) in [5.41, 5.74) is 0.690. The average Bonchev–Trinajstić information content (AvgIpc) is 2.93. The molecule has 1 heterocycles. The number of carbonyl (C=O) groups excluding carboxylic acids is 3. The zero-order valence-electron chi connectivity index (χ0n) is 14.3. The Morgan fingerprint density at radius 3 is 2.54 bits per heavy atom. The number of carbonyl (C=O) groups is 3. The highest BCUT2D eigenvalue weighted by molar-refractivity contribution is 6.02. The Bertz CT molecular complexity index is 607. The van der Waals surface area contributed by atoms with Crippen molar-refractivity contribution in [2.45, 2.75) is 27.4 Å². The molecule has 2 rings (SSSR count). The van der Waals surface area contributed by atoms with Crippen LogP contribution in [0.15, 0.2) is 30.3 Å². The standard InChI is InChI=1S/C18H24N2O4/c1-18(2,3)13-9-19-16(22)15(13)17(23)20-10-14(21)24-11-12-7-5-4-6-8-12/h4-8,13,15H,9-11H2,1-3H3,(H,19,22)(H,20,23)/t13-,15-/m0/s1. The summed E-state index contributed by atoms with van der Waals surface area (Å²) in [6.45, 7) is 6.36. The van der Waals surface area contributed by atoms with Crippen molar-refractivity contribution in [3.63, 3.8) is 0 Å². The van der Waals surface area contributed by atoms with Crippen molar-refractivity contribution in [2.24, 2.45) is 17.3 Å². The lowest BCUT2D eigenvalue weighted by molar-refractivity contribution is -0.146. The number of rotatable bonds is 5. The van der Waals surface area contributed by atoms with Crippen LogP contribution in [0, 0.1) is 17.3 Å². The summed E-state index contributed by atoms with van der Waals surface area (Å²) in [5.74, 6) is -2.12. The van der Waals surface area contributed by atoms with Gasteiger partial charge in [0.05, 0.1) is 0 Å². The van der Waals surface area contributed by atoms with Crippen molar-refractivity contribution in [3.05, 3.63) is 35.9 Å². The van der Waals surface area contributed by atoms with E-state index in [9.17, 15) is 14.4 Å². The topological polar surface area (TPSA) is 84.5 Å². The van der Waals surface area contributed by atoms with Crippen LogP contribution in [0.25, 0.3) is 0 Å². The fourth-order valence-electron chi connectivity index (χ4n) is 2.79. The summed E-state index contributed by atoms with van der Waals surface area (Å²) in [7, 11) is 0.